The van der Waals surface area contributed by atoms with Gasteiger partial charge in [-0.15, -0.1) is 0 Å². The van der Waals surface area contributed by atoms with Crippen molar-refractivity contribution in [3.63, 3.8) is 0 Å². The molecule has 0 N–H and O–H groups in total. The largest absolute Gasteiger partial charge is 0.372 e. The number of fused-ring (bicyclic) bond motifs is 1. The number of Topliss-reactive ketones (excluding diaryl/α,β-unsaturated/α-hetero) is 1. The molecule has 19 heavy (non-hydrogen) atoms. The van der Waals surface area contributed by atoms with E-state index in [4.69, 9.17) is 4.74 Å². The van der Waals surface area contributed by atoms with E-state index in [2.05, 4.69) is 6.08 Å². The SMILES string of the molecule is O=C(/C1=C/CCCCCC1)c1ccc2c(c1)COC2. The third kappa shape index (κ3) is 2.79. The van der Waals surface area contributed by atoms with Crippen molar-refractivity contribution in [2.45, 2.75) is 51.7 Å². The first-order valence-electron chi connectivity index (χ1n) is 7.28. The van der Waals surface area contributed by atoms with Crippen LogP contribution in [0.1, 0.15) is 60.0 Å². The topological polar surface area (TPSA) is 26.3 Å². The molecule has 1 aliphatic carbocycles. The quantitative estimate of drug-likeness (QED) is 0.742. The first-order valence-corrected chi connectivity index (χ1v) is 7.28. The molecular formula is C17H20O2. The van der Waals surface area contributed by atoms with Crippen LogP contribution in [0.15, 0.2) is 29.8 Å². The van der Waals surface area contributed by atoms with E-state index in [0.717, 1.165) is 30.4 Å². The van der Waals surface area contributed by atoms with Gasteiger partial charge in [0, 0.05) is 5.56 Å². The van der Waals surface area contributed by atoms with Crippen molar-refractivity contribution < 1.29 is 9.53 Å². The highest BCUT2D eigenvalue weighted by atomic mass is 16.5. The summed E-state index contributed by atoms with van der Waals surface area (Å²) in [5.41, 5.74) is 4.25. The van der Waals surface area contributed by atoms with Crippen LogP contribution in [-0.4, -0.2) is 5.78 Å². The number of hydrogen-bond acceptors (Lipinski definition) is 2. The molecule has 0 saturated carbocycles. The van der Waals surface area contributed by atoms with Crippen molar-refractivity contribution in [1.29, 1.82) is 0 Å². The second-order valence-electron chi connectivity index (χ2n) is 5.49. The first kappa shape index (κ1) is 12.6. The summed E-state index contributed by atoms with van der Waals surface area (Å²) >= 11 is 0. The predicted molar refractivity (Wildman–Crippen MR) is 75.1 cm³/mol. The van der Waals surface area contributed by atoms with Crippen LogP contribution in [0.2, 0.25) is 0 Å². The normalized spacial score (nSPS) is 22.0. The van der Waals surface area contributed by atoms with Crippen LogP contribution in [-0.2, 0) is 18.0 Å². The second-order valence-corrected chi connectivity index (χ2v) is 5.49. The van der Waals surface area contributed by atoms with Gasteiger partial charge in [0.1, 0.15) is 0 Å². The van der Waals surface area contributed by atoms with E-state index in [0.29, 0.717) is 13.2 Å². The lowest BCUT2D eigenvalue weighted by atomic mass is 9.93. The molecule has 0 spiro atoms. The number of carbonyl (C=O) groups excluding carboxylic acids is 1. The highest BCUT2D eigenvalue weighted by Gasteiger charge is 2.17. The van der Waals surface area contributed by atoms with Crippen LogP contribution < -0.4 is 0 Å². The molecule has 1 aliphatic heterocycles. The molecule has 0 saturated heterocycles. The summed E-state index contributed by atoms with van der Waals surface area (Å²) in [4.78, 5) is 12.6. The molecule has 0 radical (unpaired) electrons. The smallest absolute Gasteiger partial charge is 0.188 e. The van der Waals surface area contributed by atoms with Gasteiger partial charge in [0.25, 0.3) is 0 Å². The van der Waals surface area contributed by atoms with Crippen LogP contribution >= 0.6 is 0 Å². The minimum atomic E-state index is 0.219. The van der Waals surface area contributed by atoms with Gasteiger partial charge in [-0.25, -0.2) is 0 Å². The molecule has 2 heteroatoms. The van der Waals surface area contributed by atoms with E-state index in [1.54, 1.807) is 0 Å². The Morgan fingerprint density at radius 2 is 1.84 bits per heavy atom. The summed E-state index contributed by atoms with van der Waals surface area (Å²) in [5.74, 6) is 0.219. The second kappa shape index (κ2) is 5.70. The van der Waals surface area contributed by atoms with E-state index in [-0.39, 0.29) is 5.78 Å². The fraction of sp³-hybridized carbons (Fsp3) is 0.471. The summed E-state index contributed by atoms with van der Waals surface area (Å²) in [5, 5.41) is 0. The predicted octanol–water partition coefficient (Wildman–Crippen LogP) is 4.18. The zero-order valence-corrected chi connectivity index (χ0v) is 11.3. The number of ether oxygens (including phenoxy) is 1. The van der Waals surface area contributed by atoms with Gasteiger partial charge < -0.3 is 4.74 Å². The Hall–Kier alpha value is -1.41. The van der Waals surface area contributed by atoms with Crippen molar-refractivity contribution in [1.82, 2.24) is 0 Å². The van der Waals surface area contributed by atoms with Gasteiger partial charge in [-0.05, 0) is 48.4 Å². The molecule has 1 heterocycles. The lowest BCUT2D eigenvalue weighted by molar-refractivity contribution is 0.102. The van der Waals surface area contributed by atoms with E-state index >= 15 is 0 Å². The van der Waals surface area contributed by atoms with Crippen molar-refractivity contribution in [2.75, 3.05) is 0 Å². The minimum absolute atomic E-state index is 0.219. The van der Waals surface area contributed by atoms with Gasteiger partial charge in [0.2, 0.25) is 0 Å². The van der Waals surface area contributed by atoms with Gasteiger partial charge in [-0.1, -0.05) is 31.1 Å². The zero-order chi connectivity index (χ0) is 13.1. The summed E-state index contributed by atoms with van der Waals surface area (Å²) in [7, 11) is 0. The fourth-order valence-corrected chi connectivity index (χ4v) is 2.90. The lowest BCUT2D eigenvalue weighted by Crippen LogP contribution is -2.06. The van der Waals surface area contributed by atoms with Crippen molar-refractivity contribution in [3.05, 3.63) is 46.5 Å². The van der Waals surface area contributed by atoms with Crippen LogP contribution in [0.5, 0.6) is 0 Å². The molecular weight excluding hydrogens is 236 g/mol. The van der Waals surface area contributed by atoms with Gasteiger partial charge in [-0.3, -0.25) is 4.79 Å². The van der Waals surface area contributed by atoms with Crippen LogP contribution in [0.4, 0.5) is 0 Å². The number of allylic oxidation sites excluding steroid dienone is 2. The number of benzene rings is 1. The molecule has 2 aliphatic rings. The third-order valence-electron chi connectivity index (χ3n) is 4.07. The minimum Gasteiger partial charge on any atom is -0.372 e. The van der Waals surface area contributed by atoms with E-state index in [1.807, 2.05) is 18.2 Å². The standard InChI is InChI=1S/C17H20O2/c18-17(13-6-4-2-1-3-5-7-13)14-8-9-15-11-19-12-16(15)10-14/h6,8-10H,1-5,7,11-12H2/b13-6+. The summed E-state index contributed by atoms with van der Waals surface area (Å²) in [6.07, 6.45) is 9.06. The Labute approximate surface area is 114 Å². The number of rotatable bonds is 2. The molecule has 0 unspecified atom stereocenters. The first-order chi connectivity index (χ1) is 9.34. The maximum atomic E-state index is 12.6. The molecule has 0 amide bonds. The maximum absolute atomic E-state index is 12.6. The molecule has 0 bridgehead atoms. The van der Waals surface area contributed by atoms with Crippen molar-refractivity contribution >= 4 is 5.78 Å². The van der Waals surface area contributed by atoms with E-state index in [9.17, 15) is 4.79 Å². The van der Waals surface area contributed by atoms with Gasteiger partial charge in [0.05, 0.1) is 13.2 Å². The molecule has 0 fully saturated rings. The van der Waals surface area contributed by atoms with E-state index in [1.165, 1.54) is 30.4 Å². The lowest BCUT2D eigenvalue weighted by Gasteiger charge is -2.11. The van der Waals surface area contributed by atoms with Crippen molar-refractivity contribution in [3.8, 4) is 0 Å². The number of carbonyl (C=O) groups is 1. The Balaban J connectivity index is 1.82. The summed E-state index contributed by atoms with van der Waals surface area (Å²) < 4.78 is 5.41. The summed E-state index contributed by atoms with van der Waals surface area (Å²) in [6, 6.07) is 6.01. The molecule has 1 aromatic carbocycles. The van der Waals surface area contributed by atoms with Crippen LogP contribution in [0.3, 0.4) is 0 Å². The van der Waals surface area contributed by atoms with Gasteiger partial charge in [0.15, 0.2) is 5.78 Å². The molecule has 0 aromatic heterocycles. The Bertz CT molecular complexity index is 514. The average molecular weight is 256 g/mol. The third-order valence-corrected chi connectivity index (χ3v) is 4.07. The highest BCUT2D eigenvalue weighted by Crippen LogP contribution is 2.24. The van der Waals surface area contributed by atoms with Gasteiger partial charge in [-0.2, -0.15) is 0 Å². The Morgan fingerprint density at radius 1 is 1.00 bits per heavy atom. The van der Waals surface area contributed by atoms with Crippen LogP contribution in [0, 0.1) is 0 Å². The molecule has 3 rings (SSSR count). The number of ketones is 1. The average Bonchev–Trinajstić information content (AvgIpc) is 2.84. The van der Waals surface area contributed by atoms with E-state index < -0.39 is 0 Å². The fourth-order valence-electron chi connectivity index (χ4n) is 2.90. The highest BCUT2D eigenvalue weighted by molar-refractivity contribution is 6.08. The van der Waals surface area contributed by atoms with Crippen LogP contribution in [0.25, 0.3) is 0 Å². The Morgan fingerprint density at radius 3 is 2.79 bits per heavy atom. The zero-order valence-electron chi connectivity index (χ0n) is 11.3. The maximum Gasteiger partial charge on any atom is 0.188 e. The molecule has 1 aromatic rings. The molecule has 2 nitrogen and oxygen atoms in total. The molecule has 100 valence electrons. The van der Waals surface area contributed by atoms with Gasteiger partial charge >= 0.3 is 0 Å². The van der Waals surface area contributed by atoms with Crippen molar-refractivity contribution in [2.24, 2.45) is 0 Å². The monoisotopic (exact) mass is 256 g/mol. The summed E-state index contributed by atoms with van der Waals surface area (Å²) in [6.45, 7) is 1.34. The Kier molecular flexibility index (Phi) is 3.79. The number of hydrogen-bond donors (Lipinski definition) is 0. The molecule has 0 atom stereocenters.